The smallest absolute Gasteiger partial charge is 0.0620 e. The molecule has 0 bridgehead atoms. The molecule has 1 aliphatic heterocycles. The molecule has 2 aliphatic rings. The molecular formula is C11H21NOS. The quantitative estimate of drug-likeness (QED) is 0.775. The van der Waals surface area contributed by atoms with E-state index in [1.165, 1.54) is 31.4 Å². The zero-order valence-electron chi connectivity index (χ0n) is 9.00. The van der Waals surface area contributed by atoms with Crippen LogP contribution in [0.3, 0.4) is 0 Å². The summed E-state index contributed by atoms with van der Waals surface area (Å²) in [6.45, 7) is 4.15. The Kier molecular flexibility index (Phi) is 4.14. The average molecular weight is 215 g/mol. The Morgan fingerprint density at radius 2 is 2.21 bits per heavy atom. The highest BCUT2D eigenvalue weighted by atomic mass is 32.2. The van der Waals surface area contributed by atoms with Crippen molar-refractivity contribution in [2.24, 2.45) is 0 Å². The lowest BCUT2D eigenvalue weighted by molar-refractivity contribution is 0.188. The standard InChI is InChI=1S/C11H21NOS/c1-2-14-11-4-3-9(7-11)12-10-5-6-13-8-10/h9-12H,2-8H2,1H3. The van der Waals surface area contributed by atoms with Gasteiger partial charge in [0.2, 0.25) is 0 Å². The summed E-state index contributed by atoms with van der Waals surface area (Å²) < 4.78 is 5.37. The van der Waals surface area contributed by atoms with E-state index in [9.17, 15) is 0 Å². The van der Waals surface area contributed by atoms with E-state index in [1.807, 2.05) is 0 Å². The molecule has 1 heterocycles. The lowest BCUT2D eigenvalue weighted by Gasteiger charge is -2.17. The van der Waals surface area contributed by atoms with Gasteiger partial charge in [-0.25, -0.2) is 0 Å². The molecule has 0 aromatic heterocycles. The Labute approximate surface area is 91.2 Å². The number of thioether (sulfide) groups is 1. The highest BCUT2D eigenvalue weighted by Gasteiger charge is 2.27. The largest absolute Gasteiger partial charge is 0.380 e. The van der Waals surface area contributed by atoms with Crippen LogP contribution < -0.4 is 5.32 Å². The molecule has 2 rings (SSSR count). The fourth-order valence-corrected chi connectivity index (χ4v) is 3.62. The van der Waals surface area contributed by atoms with Crippen molar-refractivity contribution >= 4 is 11.8 Å². The Morgan fingerprint density at radius 3 is 2.93 bits per heavy atom. The number of hydrogen-bond donors (Lipinski definition) is 1. The van der Waals surface area contributed by atoms with Crippen molar-refractivity contribution in [3.05, 3.63) is 0 Å². The highest BCUT2D eigenvalue weighted by Crippen LogP contribution is 2.30. The minimum atomic E-state index is 0.644. The van der Waals surface area contributed by atoms with Gasteiger partial charge in [0.1, 0.15) is 0 Å². The van der Waals surface area contributed by atoms with Gasteiger partial charge >= 0.3 is 0 Å². The Morgan fingerprint density at radius 1 is 1.29 bits per heavy atom. The van der Waals surface area contributed by atoms with Gasteiger partial charge in [0.25, 0.3) is 0 Å². The summed E-state index contributed by atoms with van der Waals surface area (Å²) in [7, 11) is 0. The van der Waals surface area contributed by atoms with Crippen LogP contribution in [0.15, 0.2) is 0 Å². The third-order valence-electron chi connectivity index (χ3n) is 3.19. The second kappa shape index (κ2) is 5.38. The molecule has 0 aromatic rings. The number of nitrogens with one attached hydrogen (secondary N) is 1. The predicted octanol–water partition coefficient (Wildman–Crippen LogP) is 2.04. The van der Waals surface area contributed by atoms with Gasteiger partial charge in [-0.1, -0.05) is 6.92 Å². The molecule has 1 N–H and O–H groups in total. The SMILES string of the molecule is CCSC1CCC(NC2CCOC2)C1. The van der Waals surface area contributed by atoms with E-state index in [2.05, 4.69) is 24.0 Å². The highest BCUT2D eigenvalue weighted by molar-refractivity contribution is 7.99. The van der Waals surface area contributed by atoms with Crippen LogP contribution in [0.4, 0.5) is 0 Å². The van der Waals surface area contributed by atoms with Gasteiger partial charge in [-0.15, -0.1) is 0 Å². The number of rotatable bonds is 4. The maximum absolute atomic E-state index is 5.37. The minimum Gasteiger partial charge on any atom is -0.380 e. The maximum Gasteiger partial charge on any atom is 0.0620 e. The first-order valence-corrected chi connectivity index (χ1v) is 6.88. The first kappa shape index (κ1) is 10.8. The van der Waals surface area contributed by atoms with Crippen molar-refractivity contribution in [3.8, 4) is 0 Å². The predicted molar refractivity (Wildman–Crippen MR) is 61.9 cm³/mol. The molecule has 3 atom stereocenters. The molecule has 1 saturated heterocycles. The van der Waals surface area contributed by atoms with E-state index >= 15 is 0 Å². The normalized spacial score (nSPS) is 37.9. The third-order valence-corrected chi connectivity index (χ3v) is 4.42. The fraction of sp³-hybridized carbons (Fsp3) is 1.00. The van der Waals surface area contributed by atoms with E-state index in [1.54, 1.807) is 0 Å². The van der Waals surface area contributed by atoms with Crippen LogP contribution in [0, 0.1) is 0 Å². The topological polar surface area (TPSA) is 21.3 Å². The molecule has 1 aliphatic carbocycles. The van der Waals surface area contributed by atoms with Gasteiger partial charge in [-0.05, 0) is 31.4 Å². The molecule has 14 heavy (non-hydrogen) atoms. The lowest BCUT2D eigenvalue weighted by atomic mass is 10.2. The minimum absolute atomic E-state index is 0.644. The fourth-order valence-electron chi connectivity index (χ4n) is 2.48. The molecule has 82 valence electrons. The van der Waals surface area contributed by atoms with Crippen molar-refractivity contribution < 1.29 is 4.74 Å². The van der Waals surface area contributed by atoms with Crippen molar-refractivity contribution in [2.75, 3.05) is 19.0 Å². The second-order valence-electron chi connectivity index (χ2n) is 4.31. The van der Waals surface area contributed by atoms with Gasteiger partial charge in [-0.3, -0.25) is 0 Å². The molecule has 2 nitrogen and oxygen atoms in total. The number of ether oxygens (including phenoxy) is 1. The van der Waals surface area contributed by atoms with Gasteiger partial charge in [0.05, 0.1) is 6.61 Å². The average Bonchev–Trinajstić information content (AvgIpc) is 2.79. The van der Waals surface area contributed by atoms with Crippen LogP contribution in [-0.2, 0) is 4.74 Å². The summed E-state index contributed by atoms with van der Waals surface area (Å²) >= 11 is 2.13. The summed E-state index contributed by atoms with van der Waals surface area (Å²) in [6.07, 6.45) is 5.36. The Bertz CT molecular complexity index is 171. The molecule has 0 spiro atoms. The first-order chi connectivity index (χ1) is 6.88. The van der Waals surface area contributed by atoms with Gasteiger partial charge in [-0.2, -0.15) is 11.8 Å². The molecule has 0 radical (unpaired) electrons. The van der Waals surface area contributed by atoms with E-state index in [0.717, 1.165) is 24.5 Å². The zero-order chi connectivity index (χ0) is 9.80. The van der Waals surface area contributed by atoms with Crippen LogP contribution in [0.1, 0.15) is 32.6 Å². The maximum atomic E-state index is 5.37. The van der Waals surface area contributed by atoms with Gasteiger partial charge < -0.3 is 10.1 Å². The second-order valence-corrected chi connectivity index (χ2v) is 5.89. The van der Waals surface area contributed by atoms with E-state index in [-0.39, 0.29) is 0 Å². The molecule has 0 amide bonds. The molecule has 3 heteroatoms. The lowest BCUT2D eigenvalue weighted by Crippen LogP contribution is -2.37. The number of hydrogen-bond acceptors (Lipinski definition) is 3. The summed E-state index contributed by atoms with van der Waals surface area (Å²) in [6, 6.07) is 1.41. The molecule has 1 saturated carbocycles. The van der Waals surface area contributed by atoms with Crippen molar-refractivity contribution in [1.82, 2.24) is 5.32 Å². The Hall–Kier alpha value is 0.270. The van der Waals surface area contributed by atoms with Crippen molar-refractivity contribution in [2.45, 2.75) is 49.9 Å². The summed E-state index contributed by atoms with van der Waals surface area (Å²) in [4.78, 5) is 0. The molecule has 3 unspecified atom stereocenters. The van der Waals surface area contributed by atoms with E-state index < -0.39 is 0 Å². The van der Waals surface area contributed by atoms with Crippen LogP contribution in [0.5, 0.6) is 0 Å². The first-order valence-electron chi connectivity index (χ1n) is 5.84. The van der Waals surface area contributed by atoms with Crippen LogP contribution in [0.2, 0.25) is 0 Å². The zero-order valence-corrected chi connectivity index (χ0v) is 9.81. The monoisotopic (exact) mass is 215 g/mol. The van der Waals surface area contributed by atoms with Crippen molar-refractivity contribution in [3.63, 3.8) is 0 Å². The third kappa shape index (κ3) is 2.88. The van der Waals surface area contributed by atoms with Gasteiger partial charge in [0, 0.05) is 23.9 Å². The Balaban J connectivity index is 1.67. The van der Waals surface area contributed by atoms with E-state index in [0.29, 0.717) is 6.04 Å². The summed E-state index contributed by atoms with van der Waals surface area (Å²) in [5.41, 5.74) is 0. The van der Waals surface area contributed by atoms with E-state index in [4.69, 9.17) is 4.74 Å². The van der Waals surface area contributed by atoms with Gasteiger partial charge in [0.15, 0.2) is 0 Å². The van der Waals surface area contributed by atoms with Crippen LogP contribution in [0.25, 0.3) is 0 Å². The van der Waals surface area contributed by atoms with Crippen LogP contribution >= 0.6 is 11.8 Å². The summed E-state index contributed by atoms with van der Waals surface area (Å²) in [5.74, 6) is 1.27. The van der Waals surface area contributed by atoms with Crippen LogP contribution in [-0.4, -0.2) is 36.3 Å². The molecular weight excluding hydrogens is 194 g/mol. The molecule has 2 fully saturated rings. The molecule has 0 aromatic carbocycles. The summed E-state index contributed by atoms with van der Waals surface area (Å²) in [5, 5.41) is 4.64. The van der Waals surface area contributed by atoms with Crippen molar-refractivity contribution in [1.29, 1.82) is 0 Å².